The molecule has 0 aliphatic heterocycles. The van der Waals surface area contributed by atoms with Crippen molar-refractivity contribution in [2.75, 3.05) is 11.9 Å². The van der Waals surface area contributed by atoms with Gasteiger partial charge in [0, 0.05) is 11.4 Å². The Labute approximate surface area is 84.4 Å². The van der Waals surface area contributed by atoms with E-state index >= 15 is 0 Å². The number of hydrogen-bond donors (Lipinski definition) is 1. The Hall–Kier alpha value is 0.440. The lowest BCUT2D eigenvalue weighted by Crippen LogP contribution is -2.35. The van der Waals surface area contributed by atoms with Crippen LogP contribution in [0, 0.1) is 5.92 Å². The highest BCUT2D eigenvalue weighted by Crippen LogP contribution is 2.25. The maximum atomic E-state index is 3.64. The molecular formula is C10H20BrN. The average Bonchev–Trinajstić information content (AvgIpc) is 2.00. The fourth-order valence-electron chi connectivity index (χ4n) is 1.61. The predicted molar refractivity (Wildman–Crippen MR) is 57.8 cm³/mol. The van der Waals surface area contributed by atoms with Crippen LogP contribution in [0.5, 0.6) is 0 Å². The Kier molecular flexibility index (Phi) is 5.24. The summed E-state index contributed by atoms with van der Waals surface area (Å²) >= 11 is 3.49. The molecule has 1 saturated carbocycles. The summed E-state index contributed by atoms with van der Waals surface area (Å²) in [5.41, 5.74) is 0. The SMILES string of the molecule is CCC(CCBr)NCC1CCC1. The van der Waals surface area contributed by atoms with Gasteiger partial charge in [-0.3, -0.25) is 0 Å². The lowest BCUT2D eigenvalue weighted by molar-refractivity contribution is 0.286. The average molecular weight is 234 g/mol. The molecule has 0 heterocycles. The van der Waals surface area contributed by atoms with Gasteiger partial charge in [-0.15, -0.1) is 0 Å². The topological polar surface area (TPSA) is 12.0 Å². The second kappa shape index (κ2) is 5.98. The molecule has 0 bridgehead atoms. The van der Waals surface area contributed by atoms with Crippen LogP contribution in [-0.2, 0) is 0 Å². The largest absolute Gasteiger partial charge is 0.314 e. The summed E-state index contributed by atoms with van der Waals surface area (Å²) in [5, 5.41) is 4.77. The van der Waals surface area contributed by atoms with E-state index in [1.165, 1.54) is 38.6 Å². The summed E-state index contributed by atoms with van der Waals surface area (Å²) < 4.78 is 0. The molecule has 1 rings (SSSR count). The Morgan fingerprint density at radius 1 is 1.50 bits per heavy atom. The third-order valence-corrected chi connectivity index (χ3v) is 3.33. The zero-order valence-electron chi connectivity index (χ0n) is 7.98. The first-order valence-electron chi connectivity index (χ1n) is 5.16. The monoisotopic (exact) mass is 233 g/mol. The van der Waals surface area contributed by atoms with E-state index < -0.39 is 0 Å². The summed E-state index contributed by atoms with van der Waals surface area (Å²) in [6.07, 6.45) is 6.90. The minimum Gasteiger partial charge on any atom is -0.314 e. The van der Waals surface area contributed by atoms with Gasteiger partial charge in [0.2, 0.25) is 0 Å². The molecule has 1 aliphatic carbocycles. The lowest BCUT2D eigenvalue weighted by atomic mass is 9.85. The van der Waals surface area contributed by atoms with Crippen LogP contribution in [0.1, 0.15) is 39.0 Å². The molecule has 72 valence electrons. The molecule has 0 amide bonds. The fraction of sp³-hybridized carbons (Fsp3) is 1.00. The first-order chi connectivity index (χ1) is 5.86. The molecule has 1 unspecified atom stereocenters. The normalized spacial score (nSPS) is 20.5. The highest BCUT2D eigenvalue weighted by molar-refractivity contribution is 9.09. The van der Waals surface area contributed by atoms with E-state index in [9.17, 15) is 0 Å². The molecule has 0 aromatic heterocycles. The van der Waals surface area contributed by atoms with Crippen LogP contribution in [-0.4, -0.2) is 17.9 Å². The lowest BCUT2D eigenvalue weighted by Gasteiger charge is -2.28. The summed E-state index contributed by atoms with van der Waals surface area (Å²) in [5.74, 6) is 0.995. The Morgan fingerprint density at radius 3 is 2.67 bits per heavy atom. The van der Waals surface area contributed by atoms with Crippen LogP contribution in [0.3, 0.4) is 0 Å². The standard InChI is InChI=1S/C10H20BrN/c1-2-10(6-7-11)12-8-9-4-3-5-9/h9-10,12H,2-8H2,1H3. The van der Waals surface area contributed by atoms with Crippen molar-refractivity contribution >= 4 is 15.9 Å². The van der Waals surface area contributed by atoms with E-state index in [0.717, 1.165) is 17.3 Å². The van der Waals surface area contributed by atoms with Crippen molar-refractivity contribution in [1.82, 2.24) is 5.32 Å². The van der Waals surface area contributed by atoms with E-state index in [1.807, 2.05) is 0 Å². The quantitative estimate of drug-likeness (QED) is 0.697. The zero-order valence-corrected chi connectivity index (χ0v) is 9.57. The molecule has 1 fully saturated rings. The van der Waals surface area contributed by atoms with Crippen molar-refractivity contribution in [3.8, 4) is 0 Å². The molecule has 0 spiro atoms. The fourth-order valence-corrected chi connectivity index (χ4v) is 2.17. The number of rotatable bonds is 6. The smallest absolute Gasteiger partial charge is 0.00725 e. The van der Waals surface area contributed by atoms with Crippen molar-refractivity contribution in [1.29, 1.82) is 0 Å². The van der Waals surface area contributed by atoms with Gasteiger partial charge in [-0.1, -0.05) is 29.3 Å². The summed E-state index contributed by atoms with van der Waals surface area (Å²) in [4.78, 5) is 0. The van der Waals surface area contributed by atoms with Gasteiger partial charge in [-0.25, -0.2) is 0 Å². The van der Waals surface area contributed by atoms with Gasteiger partial charge in [0.25, 0.3) is 0 Å². The van der Waals surface area contributed by atoms with Crippen LogP contribution in [0.25, 0.3) is 0 Å². The van der Waals surface area contributed by atoms with Crippen LogP contribution >= 0.6 is 15.9 Å². The Bertz CT molecular complexity index is 112. The van der Waals surface area contributed by atoms with Crippen LogP contribution in [0.2, 0.25) is 0 Å². The molecule has 0 aromatic carbocycles. The van der Waals surface area contributed by atoms with Crippen LogP contribution in [0.15, 0.2) is 0 Å². The molecule has 0 saturated heterocycles. The van der Waals surface area contributed by atoms with E-state index in [-0.39, 0.29) is 0 Å². The first-order valence-corrected chi connectivity index (χ1v) is 6.28. The molecule has 2 heteroatoms. The first kappa shape index (κ1) is 10.5. The molecule has 0 radical (unpaired) electrons. The maximum Gasteiger partial charge on any atom is 0.00725 e. The van der Waals surface area contributed by atoms with Crippen molar-refractivity contribution in [2.24, 2.45) is 5.92 Å². The Morgan fingerprint density at radius 2 is 2.25 bits per heavy atom. The van der Waals surface area contributed by atoms with Crippen molar-refractivity contribution < 1.29 is 0 Å². The Balaban J connectivity index is 2.01. The molecular weight excluding hydrogens is 214 g/mol. The highest BCUT2D eigenvalue weighted by Gasteiger charge is 2.17. The number of hydrogen-bond acceptors (Lipinski definition) is 1. The zero-order chi connectivity index (χ0) is 8.81. The van der Waals surface area contributed by atoms with Crippen LogP contribution in [0.4, 0.5) is 0 Å². The third-order valence-electron chi connectivity index (χ3n) is 2.87. The predicted octanol–water partition coefficient (Wildman–Crippen LogP) is 2.94. The van der Waals surface area contributed by atoms with E-state index in [1.54, 1.807) is 0 Å². The number of halogens is 1. The minimum atomic E-state index is 0.741. The van der Waals surface area contributed by atoms with Gasteiger partial charge in [0.15, 0.2) is 0 Å². The van der Waals surface area contributed by atoms with Gasteiger partial charge < -0.3 is 5.32 Å². The van der Waals surface area contributed by atoms with E-state index in [4.69, 9.17) is 0 Å². The van der Waals surface area contributed by atoms with Gasteiger partial charge in [-0.2, -0.15) is 0 Å². The third kappa shape index (κ3) is 3.44. The second-order valence-electron chi connectivity index (χ2n) is 3.79. The van der Waals surface area contributed by atoms with Gasteiger partial charge >= 0.3 is 0 Å². The molecule has 12 heavy (non-hydrogen) atoms. The molecule has 1 N–H and O–H groups in total. The van der Waals surface area contributed by atoms with Crippen molar-refractivity contribution in [3.63, 3.8) is 0 Å². The molecule has 0 aromatic rings. The molecule has 1 atom stereocenters. The number of nitrogens with one attached hydrogen (secondary N) is 1. The van der Waals surface area contributed by atoms with Gasteiger partial charge in [0.1, 0.15) is 0 Å². The molecule has 1 nitrogen and oxygen atoms in total. The summed E-state index contributed by atoms with van der Waals surface area (Å²) in [6, 6.07) is 0.741. The van der Waals surface area contributed by atoms with Crippen molar-refractivity contribution in [2.45, 2.75) is 45.1 Å². The van der Waals surface area contributed by atoms with E-state index in [0.29, 0.717) is 0 Å². The highest BCUT2D eigenvalue weighted by atomic mass is 79.9. The van der Waals surface area contributed by atoms with Gasteiger partial charge in [0.05, 0.1) is 0 Å². The van der Waals surface area contributed by atoms with E-state index in [2.05, 4.69) is 28.2 Å². The number of alkyl halides is 1. The summed E-state index contributed by atoms with van der Waals surface area (Å²) in [6.45, 7) is 3.52. The minimum absolute atomic E-state index is 0.741. The summed E-state index contributed by atoms with van der Waals surface area (Å²) in [7, 11) is 0. The van der Waals surface area contributed by atoms with Crippen LogP contribution < -0.4 is 5.32 Å². The molecule has 1 aliphatic rings. The van der Waals surface area contributed by atoms with Gasteiger partial charge in [-0.05, 0) is 38.1 Å². The maximum absolute atomic E-state index is 3.64. The second-order valence-corrected chi connectivity index (χ2v) is 4.58. The van der Waals surface area contributed by atoms with Crippen molar-refractivity contribution in [3.05, 3.63) is 0 Å².